The summed E-state index contributed by atoms with van der Waals surface area (Å²) in [6.45, 7) is 4.01. The van der Waals surface area contributed by atoms with Crippen LogP contribution >= 0.6 is 0 Å². The summed E-state index contributed by atoms with van der Waals surface area (Å²) in [5.41, 5.74) is 4.58. The van der Waals surface area contributed by atoms with Crippen LogP contribution in [0.25, 0.3) is 22.2 Å². The van der Waals surface area contributed by atoms with Gasteiger partial charge in [-0.05, 0) is 19.4 Å². The molecule has 0 unspecified atom stereocenters. The zero-order chi connectivity index (χ0) is 12.7. The molecule has 0 aliphatic rings. The SMILES string of the molecule is Cc1[nH]c2c(C)cccc2c1-c1oncc1C=O. The van der Waals surface area contributed by atoms with Crippen molar-refractivity contribution in [2.24, 2.45) is 0 Å². The van der Waals surface area contributed by atoms with Gasteiger partial charge < -0.3 is 9.51 Å². The third-order valence-electron chi connectivity index (χ3n) is 3.18. The lowest BCUT2D eigenvalue weighted by atomic mass is 10.0. The van der Waals surface area contributed by atoms with Gasteiger partial charge in [-0.3, -0.25) is 4.79 Å². The average Bonchev–Trinajstić information content (AvgIpc) is 2.93. The topological polar surface area (TPSA) is 58.9 Å². The zero-order valence-corrected chi connectivity index (χ0v) is 10.2. The van der Waals surface area contributed by atoms with E-state index >= 15 is 0 Å². The highest BCUT2D eigenvalue weighted by Crippen LogP contribution is 2.34. The lowest BCUT2D eigenvalue weighted by Gasteiger charge is -1.98. The molecule has 0 radical (unpaired) electrons. The number of nitrogens with zero attached hydrogens (tertiary/aromatic N) is 1. The van der Waals surface area contributed by atoms with E-state index in [0.29, 0.717) is 11.3 Å². The van der Waals surface area contributed by atoms with E-state index in [4.69, 9.17) is 4.52 Å². The van der Waals surface area contributed by atoms with Gasteiger partial charge in [-0.1, -0.05) is 23.4 Å². The summed E-state index contributed by atoms with van der Waals surface area (Å²) in [5.74, 6) is 0.527. The van der Waals surface area contributed by atoms with E-state index in [2.05, 4.69) is 10.1 Å². The smallest absolute Gasteiger partial charge is 0.179 e. The summed E-state index contributed by atoms with van der Waals surface area (Å²) >= 11 is 0. The predicted octanol–water partition coefficient (Wildman–Crippen LogP) is 3.25. The Kier molecular flexibility index (Phi) is 2.30. The van der Waals surface area contributed by atoms with Crippen molar-refractivity contribution in [3.63, 3.8) is 0 Å². The molecule has 0 atom stereocenters. The molecule has 2 heterocycles. The van der Waals surface area contributed by atoms with Crippen LogP contribution in [-0.4, -0.2) is 16.4 Å². The lowest BCUT2D eigenvalue weighted by Crippen LogP contribution is -1.83. The number of H-pyrrole nitrogens is 1. The van der Waals surface area contributed by atoms with Crippen molar-refractivity contribution in [3.8, 4) is 11.3 Å². The summed E-state index contributed by atoms with van der Waals surface area (Å²) < 4.78 is 5.23. The molecule has 1 aromatic carbocycles. The maximum atomic E-state index is 11.0. The Morgan fingerprint density at radius 1 is 1.33 bits per heavy atom. The molecule has 18 heavy (non-hydrogen) atoms. The number of benzene rings is 1. The van der Waals surface area contributed by atoms with Gasteiger partial charge in [-0.25, -0.2) is 0 Å². The molecule has 0 fully saturated rings. The number of carbonyl (C=O) groups is 1. The third kappa shape index (κ3) is 1.39. The summed E-state index contributed by atoms with van der Waals surface area (Å²) in [4.78, 5) is 14.3. The van der Waals surface area contributed by atoms with Gasteiger partial charge >= 0.3 is 0 Å². The number of hydrogen-bond acceptors (Lipinski definition) is 3. The number of nitrogens with one attached hydrogen (secondary N) is 1. The molecule has 0 amide bonds. The minimum Gasteiger partial charge on any atom is -0.358 e. The van der Waals surface area contributed by atoms with Gasteiger partial charge in [0.25, 0.3) is 0 Å². The second-order valence-electron chi connectivity index (χ2n) is 4.35. The van der Waals surface area contributed by atoms with E-state index in [9.17, 15) is 4.79 Å². The Hall–Kier alpha value is -2.36. The molecule has 3 aromatic rings. The normalized spacial score (nSPS) is 11.0. The Morgan fingerprint density at radius 2 is 2.17 bits per heavy atom. The van der Waals surface area contributed by atoms with Crippen LogP contribution in [-0.2, 0) is 0 Å². The number of hydrogen-bond donors (Lipinski definition) is 1. The Labute approximate surface area is 104 Å². The molecule has 4 heteroatoms. The number of aryl methyl sites for hydroxylation is 2. The molecule has 0 aliphatic heterocycles. The van der Waals surface area contributed by atoms with E-state index in [-0.39, 0.29) is 0 Å². The van der Waals surface area contributed by atoms with Crippen LogP contribution < -0.4 is 0 Å². The van der Waals surface area contributed by atoms with Crippen LogP contribution in [0.15, 0.2) is 28.9 Å². The van der Waals surface area contributed by atoms with Gasteiger partial charge in [0.2, 0.25) is 0 Å². The molecular weight excluding hydrogens is 228 g/mol. The maximum Gasteiger partial charge on any atom is 0.179 e. The largest absolute Gasteiger partial charge is 0.358 e. The van der Waals surface area contributed by atoms with Crippen molar-refractivity contribution in [1.82, 2.24) is 10.1 Å². The molecule has 4 nitrogen and oxygen atoms in total. The summed E-state index contributed by atoms with van der Waals surface area (Å²) in [5, 5.41) is 4.75. The number of para-hydroxylation sites is 1. The summed E-state index contributed by atoms with van der Waals surface area (Å²) in [6, 6.07) is 6.05. The van der Waals surface area contributed by atoms with Crippen molar-refractivity contribution in [1.29, 1.82) is 0 Å². The first-order valence-electron chi connectivity index (χ1n) is 5.70. The monoisotopic (exact) mass is 240 g/mol. The van der Waals surface area contributed by atoms with Crippen LogP contribution in [0.3, 0.4) is 0 Å². The quantitative estimate of drug-likeness (QED) is 0.699. The fourth-order valence-corrected chi connectivity index (χ4v) is 2.31. The van der Waals surface area contributed by atoms with E-state index in [1.54, 1.807) is 0 Å². The first kappa shape index (κ1) is 10.8. The number of aldehydes is 1. The fourth-order valence-electron chi connectivity index (χ4n) is 2.31. The highest BCUT2D eigenvalue weighted by Gasteiger charge is 2.18. The fraction of sp³-hybridized carbons (Fsp3) is 0.143. The van der Waals surface area contributed by atoms with Crippen molar-refractivity contribution < 1.29 is 9.32 Å². The minimum atomic E-state index is 0.473. The standard InChI is InChI=1S/C14H12N2O2/c1-8-4-3-5-11-12(9(2)16-13(8)11)14-10(7-17)6-15-18-14/h3-7,16H,1-2H3. The first-order valence-corrected chi connectivity index (χ1v) is 5.70. The van der Waals surface area contributed by atoms with Gasteiger partial charge in [-0.2, -0.15) is 0 Å². The first-order chi connectivity index (χ1) is 8.72. The highest BCUT2D eigenvalue weighted by molar-refractivity contribution is 6.00. The predicted molar refractivity (Wildman–Crippen MR) is 68.7 cm³/mol. The molecule has 0 spiro atoms. The Morgan fingerprint density at radius 3 is 2.94 bits per heavy atom. The van der Waals surface area contributed by atoms with Gasteiger partial charge in [0.05, 0.1) is 11.8 Å². The van der Waals surface area contributed by atoms with Crippen LogP contribution in [0.5, 0.6) is 0 Å². The van der Waals surface area contributed by atoms with Crippen molar-refractivity contribution >= 4 is 17.2 Å². The molecule has 1 N–H and O–H groups in total. The summed E-state index contributed by atoms with van der Waals surface area (Å²) in [6.07, 6.45) is 2.20. The van der Waals surface area contributed by atoms with Gasteiger partial charge in [0.1, 0.15) is 0 Å². The van der Waals surface area contributed by atoms with Gasteiger partial charge in [-0.15, -0.1) is 0 Å². The third-order valence-corrected chi connectivity index (χ3v) is 3.18. The van der Waals surface area contributed by atoms with Gasteiger partial charge in [0.15, 0.2) is 12.0 Å². The molecule has 0 aliphatic carbocycles. The maximum absolute atomic E-state index is 11.0. The number of rotatable bonds is 2. The molecule has 0 bridgehead atoms. The van der Waals surface area contributed by atoms with Crippen LogP contribution in [0.2, 0.25) is 0 Å². The number of aromatic nitrogens is 2. The zero-order valence-electron chi connectivity index (χ0n) is 10.2. The van der Waals surface area contributed by atoms with Crippen LogP contribution in [0.4, 0.5) is 0 Å². The van der Waals surface area contributed by atoms with Crippen molar-refractivity contribution in [3.05, 3.63) is 41.2 Å². The summed E-state index contributed by atoms with van der Waals surface area (Å²) in [7, 11) is 0. The minimum absolute atomic E-state index is 0.473. The lowest BCUT2D eigenvalue weighted by molar-refractivity contribution is 0.112. The molecule has 2 aromatic heterocycles. The molecule has 90 valence electrons. The highest BCUT2D eigenvalue weighted by atomic mass is 16.5. The second-order valence-corrected chi connectivity index (χ2v) is 4.35. The molecule has 0 saturated carbocycles. The van der Waals surface area contributed by atoms with E-state index in [1.807, 2.05) is 32.0 Å². The van der Waals surface area contributed by atoms with Crippen molar-refractivity contribution in [2.75, 3.05) is 0 Å². The van der Waals surface area contributed by atoms with Crippen molar-refractivity contribution in [2.45, 2.75) is 13.8 Å². The van der Waals surface area contributed by atoms with Gasteiger partial charge in [0, 0.05) is 22.2 Å². The van der Waals surface area contributed by atoms with E-state index in [0.717, 1.165) is 34.0 Å². The molecule has 0 saturated heterocycles. The van der Waals surface area contributed by atoms with Crippen LogP contribution in [0, 0.1) is 13.8 Å². The second kappa shape index (κ2) is 3.84. The van der Waals surface area contributed by atoms with E-state index < -0.39 is 0 Å². The Balaban J connectivity index is 2.39. The average molecular weight is 240 g/mol. The number of carbonyl (C=O) groups excluding carboxylic acids is 1. The molecular formula is C14H12N2O2. The Bertz CT molecular complexity index is 737. The van der Waals surface area contributed by atoms with Crippen LogP contribution in [0.1, 0.15) is 21.6 Å². The number of aromatic amines is 1. The van der Waals surface area contributed by atoms with E-state index in [1.165, 1.54) is 6.20 Å². The molecule has 3 rings (SSSR count). The number of fused-ring (bicyclic) bond motifs is 1.